The molecule has 6 heteroatoms. The molecule has 2 aromatic carbocycles. The Balaban J connectivity index is 1.83. The van der Waals surface area contributed by atoms with Crippen molar-refractivity contribution in [2.45, 2.75) is 44.4 Å². The molecule has 0 aromatic heterocycles. The van der Waals surface area contributed by atoms with Crippen LogP contribution in [-0.4, -0.2) is 44.9 Å². The third kappa shape index (κ3) is 3.79. The highest BCUT2D eigenvalue weighted by Crippen LogP contribution is 2.38. The molecule has 28 heavy (non-hydrogen) atoms. The third-order valence-electron chi connectivity index (χ3n) is 6.01. The van der Waals surface area contributed by atoms with Crippen molar-refractivity contribution in [3.05, 3.63) is 71.8 Å². The topological polar surface area (TPSA) is 86.6 Å². The number of carbonyl (C=O) groups is 2. The van der Waals surface area contributed by atoms with Gasteiger partial charge in [-0.25, -0.2) is 9.28 Å². The zero-order chi connectivity index (χ0) is 20.2. The lowest BCUT2D eigenvalue weighted by atomic mass is 9.81. The van der Waals surface area contributed by atoms with E-state index in [1.165, 1.54) is 0 Å². The van der Waals surface area contributed by atoms with Crippen LogP contribution in [0.5, 0.6) is 0 Å². The molecule has 3 unspecified atom stereocenters. The lowest BCUT2D eigenvalue weighted by Gasteiger charge is -2.49. The number of likely N-dealkylation sites (tertiary alicyclic amines) is 1. The predicted molar refractivity (Wildman–Crippen MR) is 106 cm³/mol. The van der Waals surface area contributed by atoms with Crippen LogP contribution in [0.2, 0.25) is 0 Å². The lowest BCUT2D eigenvalue weighted by Crippen LogP contribution is -2.73. The summed E-state index contributed by atoms with van der Waals surface area (Å²) >= 11 is 0. The zero-order valence-corrected chi connectivity index (χ0v) is 16.0. The Morgan fingerprint density at radius 1 is 1.04 bits per heavy atom. The highest BCUT2D eigenvalue weighted by molar-refractivity contribution is 5.79. The first kappa shape index (κ1) is 20.0. The Morgan fingerprint density at radius 2 is 1.61 bits per heavy atom. The van der Waals surface area contributed by atoms with E-state index in [-0.39, 0.29) is 25.6 Å². The Kier molecular flexibility index (Phi) is 5.82. The molecule has 1 aliphatic rings. The van der Waals surface area contributed by atoms with Crippen molar-refractivity contribution in [2.24, 2.45) is 0 Å². The number of piperidine rings is 1. The van der Waals surface area contributed by atoms with E-state index in [1.54, 1.807) is 6.92 Å². The Bertz CT molecular complexity index is 827. The number of nitrogens with one attached hydrogen (secondary N) is 1. The van der Waals surface area contributed by atoms with Gasteiger partial charge >= 0.3 is 12.1 Å². The number of hydrogen-bond donors (Lipinski definition) is 3. The number of aliphatic carboxylic acids is 1. The maximum absolute atomic E-state index is 12.4. The van der Waals surface area contributed by atoms with Crippen LogP contribution in [0.1, 0.15) is 30.9 Å². The second-order valence-electron chi connectivity index (χ2n) is 7.75. The van der Waals surface area contributed by atoms with Crippen molar-refractivity contribution in [1.29, 1.82) is 0 Å². The lowest BCUT2D eigenvalue weighted by molar-refractivity contribution is -0.916. The van der Waals surface area contributed by atoms with Gasteiger partial charge in [0.05, 0.1) is 6.54 Å². The molecule has 1 amide bonds. The van der Waals surface area contributed by atoms with E-state index in [0.29, 0.717) is 13.0 Å². The molecule has 1 heterocycles. The summed E-state index contributed by atoms with van der Waals surface area (Å²) in [5.41, 5.74) is 0.523. The van der Waals surface area contributed by atoms with E-state index in [0.717, 1.165) is 11.1 Å². The summed E-state index contributed by atoms with van der Waals surface area (Å²) in [6.07, 6.45) is -0.223. The minimum atomic E-state index is -1.42. The number of benzene rings is 2. The number of hydrogen-bond acceptors (Lipinski definition) is 3. The van der Waals surface area contributed by atoms with Crippen LogP contribution >= 0.6 is 0 Å². The van der Waals surface area contributed by atoms with Crippen molar-refractivity contribution >= 4 is 12.1 Å². The molecule has 0 aliphatic carbocycles. The molecular weight excluding hydrogens is 356 g/mol. The van der Waals surface area contributed by atoms with Gasteiger partial charge < -0.3 is 15.5 Å². The Hall–Kier alpha value is -2.70. The van der Waals surface area contributed by atoms with Crippen LogP contribution in [0.25, 0.3) is 0 Å². The van der Waals surface area contributed by atoms with Gasteiger partial charge in [-0.15, -0.1) is 0 Å². The van der Waals surface area contributed by atoms with Crippen LogP contribution < -0.4 is 5.32 Å². The van der Waals surface area contributed by atoms with E-state index in [2.05, 4.69) is 5.32 Å². The quantitative estimate of drug-likeness (QED) is 0.665. The Labute approximate surface area is 165 Å². The molecule has 0 saturated carbocycles. The van der Waals surface area contributed by atoms with E-state index < -0.39 is 22.1 Å². The second-order valence-corrected chi connectivity index (χ2v) is 7.75. The fourth-order valence-electron chi connectivity index (χ4n) is 4.21. The number of nitrogens with zero attached hydrogens (tertiary/aromatic N) is 1. The van der Waals surface area contributed by atoms with Crippen LogP contribution in [0.4, 0.5) is 4.79 Å². The summed E-state index contributed by atoms with van der Waals surface area (Å²) in [4.78, 5) is 24.7. The highest BCUT2D eigenvalue weighted by atomic mass is 16.4. The number of carboxylic acid groups (broad SMARTS) is 2. The molecule has 2 aromatic rings. The third-order valence-corrected chi connectivity index (χ3v) is 6.01. The number of amides is 1. The molecule has 3 atom stereocenters. The van der Waals surface area contributed by atoms with Crippen LogP contribution in [-0.2, 0) is 17.9 Å². The molecule has 1 aliphatic heterocycles. The second kappa shape index (κ2) is 8.12. The number of carboxylic acids is 1. The molecular formula is C22H27N2O4+. The fraction of sp³-hybridized carbons (Fsp3) is 0.364. The van der Waals surface area contributed by atoms with E-state index in [4.69, 9.17) is 0 Å². The van der Waals surface area contributed by atoms with Crippen LogP contribution in [0, 0.1) is 0 Å². The van der Waals surface area contributed by atoms with Gasteiger partial charge in [0.2, 0.25) is 5.54 Å². The molecule has 0 radical (unpaired) electrons. The summed E-state index contributed by atoms with van der Waals surface area (Å²) in [7, 11) is 0. The van der Waals surface area contributed by atoms with Crippen molar-refractivity contribution in [2.75, 3.05) is 6.54 Å². The molecule has 148 valence electrons. The van der Waals surface area contributed by atoms with Gasteiger partial charge in [0.15, 0.2) is 0 Å². The van der Waals surface area contributed by atoms with Crippen molar-refractivity contribution in [3.63, 3.8) is 0 Å². The first-order chi connectivity index (χ1) is 13.4. The van der Waals surface area contributed by atoms with Crippen molar-refractivity contribution in [3.8, 4) is 0 Å². The smallest absolute Gasteiger partial charge is 0.477 e. The Morgan fingerprint density at radius 3 is 2.14 bits per heavy atom. The largest absolute Gasteiger partial charge is 0.514 e. The molecule has 3 N–H and O–H groups in total. The molecule has 1 fully saturated rings. The van der Waals surface area contributed by atoms with Gasteiger partial charge in [-0.3, -0.25) is 0 Å². The SMILES string of the molecule is CC1(C(=O)O)CC(NCc2ccccc2)CC[N+]1(Cc1ccccc1)C(=O)O. The van der Waals surface area contributed by atoms with Crippen LogP contribution in [0.15, 0.2) is 60.7 Å². The average Bonchev–Trinajstić information content (AvgIpc) is 2.69. The van der Waals surface area contributed by atoms with Crippen LogP contribution in [0.3, 0.4) is 0 Å². The van der Waals surface area contributed by atoms with E-state index in [1.807, 2.05) is 60.7 Å². The molecule has 0 bridgehead atoms. The monoisotopic (exact) mass is 383 g/mol. The van der Waals surface area contributed by atoms with Gasteiger partial charge in [-0.1, -0.05) is 60.7 Å². The average molecular weight is 383 g/mol. The minimum absolute atomic E-state index is 0.0531. The molecule has 6 nitrogen and oxygen atoms in total. The van der Waals surface area contributed by atoms with E-state index in [9.17, 15) is 19.8 Å². The van der Waals surface area contributed by atoms with Crippen molar-refractivity contribution < 1.29 is 24.3 Å². The predicted octanol–water partition coefficient (Wildman–Crippen LogP) is 3.48. The molecule has 1 saturated heterocycles. The summed E-state index contributed by atoms with van der Waals surface area (Å²) in [5, 5.41) is 23.6. The number of rotatable bonds is 6. The fourth-order valence-corrected chi connectivity index (χ4v) is 4.21. The van der Waals surface area contributed by atoms with Gasteiger partial charge in [0, 0.05) is 37.9 Å². The highest BCUT2D eigenvalue weighted by Gasteiger charge is 2.61. The maximum Gasteiger partial charge on any atom is 0.514 e. The maximum atomic E-state index is 12.4. The van der Waals surface area contributed by atoms with E-state index >= 15 is 0 Å². The zero-order valence-electron chi connectivity index (χ0n) is 16.0. The summed E-state index contributed by atoms with van der Waals surface area (Å²) in [6, 6.07) is 19.1. The summed E-state index contributed by atoms with van der Waals surface area (Å²) in [5.74, 6) is -1.07. The normalized spacial score (nSPS) is 27.2. The van der Waals surface area contributed by atoms with Gasteiger partial charge in [0.1, 0.15) is 6.54 Å². The van der Waals surface area contributed by atoms with Gasteiger partial charge in [-0.05, 0) is 5.56 Å². The molecule has 3 rings (SSSR count). The first-order valence-electron chi connectivity index (χ1n) is 9.53. The standard InChI is InChI=1S/C22H26N2O4/c1-22(20(25)26)14-19(23-15-17-8-4-2-5-9-17)12-13-24(22,21(27)28)16-18-10-6-3-7-11-18/h2-11,19,23H,12-16H2,1H3,(H-,25,26,27,28)/p+1. The van der Waals surface area contributed by atoms with Gasteiger partial charge in [0.25, 0.3) is 0 Å². The first-order valence-corrected chi connectivity index (χ1v) is 9.53. The van der Waals surface area contributed by atoms with Crippen molar-refractivity contribution in [1.82, 2.24) is 5.32 Å². The van der Waals surface area contributed by atoms with Gasteiger partial charge in [-0.2, -0.15) is 4.79 Å². The molecule has 0 spiro atoms. The number of quaternary nitrogens is 1. The summed E-state index contributed by atoms with van der Waals surface area (Å²) in [6.45, 7) is 2.62. The summed E-state index contributed by atoms with van der Waals surface area (Å²) < 4.78 is -0.490. The minimum Gasteiger partial charge on any atom is -0.477 e.